The van der Waals surface area contributed by atoms with Crippen LogP contribution in [0.25, 0.3) is 0 Å². The molecule has 2 N–H and O–H groups in total. The third kappa shape index (κ3) is 5.37. The zero-order valence-corrected chi connectivity index (χ0v) is 14.7. The Kier molecular flexibility index (Phi) is 7.31. The van der Waals surface area contributed by atoms with Gasteiger partial charge in [-0.1, -0.05) is 6.07 Å². The molecule has 6 nitrogen and oxygen atoms in total. The summed E-state index contributed by atoms with van der Waals surface area (Å²) < 4.78 is 28.4. The fraction of sp³-hybridized carbons (Fsp3) is 0.533. The van der Waals surface area contributed by atoms with E-state index in [-0.39, 0.29) is 35.9 Å². The number of benzene rings is 1. The number of sulfone groups is 1. The molecule has 0 saturated carbocycles. The van der Waals surface area contributed by atoms with Crippen molar-refractivity contribution in [2.75, 3.05) is 37.5 Å². The number of nitrogens with zero attached hydrogens (tertiary/aromatic N) is 1. The first-order valence-electron chi connectivity index (χ1n) is 7.29. The number of nitrogens with two attached hydrogens (primary N) is 1. The predicted octanol–water partition coefficient (Wildman–Crippen LogP) is 1.36. The molecule has 1 aromatic rings. The molecule has 23 heavy (non-hydrogen) atoms. The highest BCUT2D eigenvalue weighted by molar-refractivity contribution is 7.91. The van der Waals surface area contributed by atoms with E-state index >= 15 is 0 Å². The molecule has 1 heterocycles. The summed E-state index contributed by atoms with van der Waals surface area (Å²) in [4.78, 5) is 14.4. The second-order valence-electron chi connectivity index (χ2n) is 5.53. The van der Waals surface area contributed by atoms with Gasteiger partial charge in [0.25, 0.3) is 5.91 Å². The van der Waals surface area contributed by atoms with Crippen LogP contribution in [0.3, 0.4) is 0 Å². The largest absolute Gasteiger partial charge is 0.399 e. The van der Waals surface area contributed by atoms with E-state index < -0.39 is 9.84 Å². The first-order chi connectivity index (χ1) is 10.4. The van der Waals surface area contributed by atoms with E-state index in [9.17, 15) is 13.2 Å². The molecule has 0 spiro atoms. The number of anilines is 1. The molecule has 0 aromatic heterocycles. The van der Waals surface area contributed by atoms with Crippen LogP contribution in [-0.4, -0.2) is 57.0 Å². The van der Waals surface area contributed by atoms with Crippen LogP contribution in [0, 0.1) is 0 Å². The number of carbonyl (C=O) groups is 1. The highest BCUT2D eigenvalue weighted by Gasteiger charge is 2.34. The van der Waals surface area contributed by atoms with Gasteiger partial charge >= 0.3 is 0 Å². The van der Waals surface area contributed by atoms with Gasteiger partial charge in [0.05, 0.1) is 11.5 Å². The molecule has 2 rings (SSSR count). The lowest BCUT2D eigenvalue weighted by Crippen LogP contribution is -2.42. The van der Waals surface area contributed by atoms with Gasteiger partial charge in [-0.3, -0.25) is 4.79 Å². The Morgan fingerprint density at radius 1 is 1.43 bits per heavy atom. The summed E-state index contributed by atoms with van der Waals surface area (Å²) in [5, 5.41) is 0. The molecule has 0 radical (unpaired) electrons. The second-order valence-corrected chi connectivity index (χ2v) is 7.76. The lowest BCUT2D eigenvalue weighted by atomic mass is 10.1. The van der Waals surface area contributed by atoms with Gasteiger partial charge in [-0.2, -0.15) is 0 Å². The van der Waals surface area contributed by atoms with Crippen molar-refractivity contribution in [3.8, 4) is 0 Å². The molecular weight excluding hydrogens is 340 g/mol. The van der Waals surface area contributed by atoms with Gasteiger partial charge in [-0.05, 0) is 31.0 Å². The number of nitrogen functional groups attached to an aromatic ring is 1. The van der Waals surface area contributed by atoms with Crippen molar-refractivity contribution in [3.63, 3.8) is 0 Å². The highest BCUT2D eigenvalue weighted by atomic mass is 35.5. The first-order valence-corrected chi connectivity index (χ1v) is 9.11. The van der Waals surface area contributed by atoms with E-state index in [0.29, 0.717) is 37.2 Å². The lowest BCUT2D eigenvalue weighted by Gasteiger charge is -2.28. The number of rotatable bonds is 6. The summed E-state index contributed by atoms with van der Waals surface area (Å²) in [7, 11) is -1.44. The van der Waals surface area contributed by atoms with Crippen molar-refractivity contribution in [2.45, 2.75) is 18.9 Å². The second kappa shape index (κ2) is 8.52. The number of hydrogen-bond acceptors (Lipinski definition) is 5. The molecule has 1 aromatic carbocycles. The van der Waals surface area contributed by atoms with Crippen LogP contribution in [0.5, 0.6) is 0 Å². The Balaban J connectivity index is 0.00000264. The van der Waals surface area contributed by atoms with E-state index in [1.54, 1.807) is 36.3 Å². The average Bonchev–Trinajstić information content (AvgIpc) is 2.83. The molecule has 8 heteroatoms. The van der Waals surface area contributed by atoms with Crippen molar-refractivity contribution in [2.24, 2.45) is 0 Å². The third-order valence-corrected chi connectivity index (χ3v) is 5.54. The van der Waals surface area contributed by atoms with E-state index in [1.807, 2.05) is 0 Å². The normalized spacial score (nSPS) is 19.1. The van der Waals surface area contributed by atoms with Crippen LogP contribution < -0.4 is 5.73 Å². The minimum Gasteiger partial charge on any atom is -0.399 e. The Morgan fingerprint density at radius 3 is 2.74 bits per heavy atom. The minimum absolute atomic E-state index is 0. The Hall–Kier alpha value is -1.31. The average molecular weight is 363 g/mol. The molecule has 1 amide bonds. The minimum atomic E-state index is -3.04. The fourth-order valence-corrected chi connectivity index (χ4v) is 4.42. The summed E-state index contributed by atoms with van der Waals surface area (Å²) in [6.07, 6.45) is 1.16. The van der Waals surface area contributed by atoms with Crippen molar-refractivity contribution in [1.29, 1.82) is 0 Å². The Morgan fingerprint density at radius 2 is 2.17 bits per heavy atom. The molecule has 0 aliphatic carbocycles. The zero-order valence-electron chi connectivity index (χ0n) is 13.1. The maximum Gasteiger partial charge on any atom is 0.254 e. The van der Waals surface area contributed by atoms with Gasteiger partial charge in [-0.15, -0.1) is 12.4 Å². The molecule has 1 aliphatic rings. The molecule has 1 aliphatic heterocycles. The van der Waals surface area contributed by atoms with Gasteiger partial charge in [0.1, 0.15) is 0 Å². The maximum absolute atomic E-state index is 12.7. The number of hydrogen-bond donors (Lipinski definition) is 1. The van der Waals surface area contributed by atoms with Crippen molar-refractivity contribution in [1.82, 2.24) is 4.90 Å². The fourth-order valence-electron chi connectivity index (χ4n) is 2.69. The van der Waals surface area contributed by atoms with Gasteiger partial charge in [0.2, 0.25) is 0 Å². The van der Waals surface area contributed by atoms with E-state index in [0.717, 1.165) is 0 Å². The molecular formula is C15H23ClN2O4S. The summed E-state index contributed by atoms with van der Waals surface area (Å²) in [6, 6.07) is 6.49. The molecule has 130 valence electrons. The van der Waals surface area contributed by atoms with Gasteiger partial charge in [0, 0.05) is 37.6 Å². The molecule has 1 saturated heterocycles. The molecule has 1 fully saturated rings. The number of ether oxygens (including phenoxy) is 1. The summed E-state index contributed by atoms with van der Waals surface area (Å²) in [6.45, 7) is 1.00. The number of halogens is 1. The SMILES string of the molecule is COCCCN(C(=O)c1cccc(N)c1)C1CCS(=O)(=O)C1.Cl. The number of carbonyl (C=O) groups excluding carboxylic acids is 1. The third-order valence-electron chi connectivity index (χ3n) is 3.79. The van der Waals surface area contributed by atoms with E-state index in [4.69, 9.17) is 10.5 Å². The molecule has 1 unspecified atom stereocenters. The lowest BCUT2D eigenvalue weighted by molar-refractivity contribution is 0.0674. The van der Waals surface area contributed by atoms with Crippen molar-refractivity contribution < 1.29 is 17.9 Å². The van der Waals surface area contributed by atoms with Crippen LogP contribution >= 0.6 is 12.4 Å². The standard InChI is InChI=1S/C15H22N2O4S.ClH/c1-21-8-3-7-17(14-6-9-22(19,20)11-14)15(18)12-4-2-5-13(16)10-12;/h2,4-5,10,14H,3,6-9,11,16H2,1H3;1H. The first kappa shape index (κ1) is 19.7. The topological polar surface area (TPSA) is 89.7 Å². The summed E-state index contributed by atoms with van der Waals surface area (Å²) in [5.41, 5.74) is 6.73. The number of methoxy groups -OCH3 is 1. The number of amides is 1. The van der Waals surface area contributed by atoms with E-state index in [1.165, 1.54) is 0 Å². The van der Waals surface area contributed by atoms with E-state index in [2.05, 4.69) is 0 Å². The Bertz CT molecular complexity index is 636. The van der Waals surface area contributed by atoms with Gasteiger partial charge in [-0.25, -0.2) is 8.42 Å². The zero-order chi connectivity index (χ0) is 16.2. The van der Waals surface area contributed by atoms with Crippen molar-refractivity contribution >= 4 is 33.8 Å². The molecule has 1 atom stereocenters. The van der Waals surface area contributed by atoms with Crippen LogP contribution in [-0.2, 0) is 14.6 Å². The summed E-state index contributed by atoms with van der Waals surface area (Å²) in [5.74, 6) is 0.00181. The maximum atomic E-state index is 12.7. The van der Waals surface area contributed by atoms with Crippen molar-refractivity contribution in [3.05, 3.63) is 29.8 Å². The van der Waals surface area contributed by atoms with Gasteiger partial charge < -0.3 is 15.4 Å². The van der Waals surface area contributed by atoms with Gasteiger partial charge in [0.15, 0.2) is 9.84 Å². The van der Waals surface area contributed by atoms with Crippen LogP contribution in [0.2, 0.25) is 0 Å². The highest BCUT2D eigenvalue weighted by Crippen LogP contribution is 2.21. The predicted molar refractivity (Wildman–Crippen MR) is 92.7 cm³/mol. The Labute approximate surface area is 143 Å². The quantitative estimate of drug-likeness (QED) is 0.609. The molecule has 0 bridgehead atoms. The van der Waals surface area contributed by atoms with Crippen LogP contribution in [0.4, 0.5) is 5.69 Å². The smallest absolute Gasteiger partial charge is 0.254 e. The monoisotopic (exact) mass is 362 g/mol. The summed E-state index contributed by atoms with van der Waals surface area (Å²) >= 11 is 0. The van der Waals surface area contributed by atoms with Crippen LogP contribution in [0.1, 0.15) is 23.2 Å². The van der Waals surface area contributed by atoms with Crippen LogP contribution in [0.15, 0.2) is 24.3 Å².